The number of nitrogens with zero attached hydrogens (tertiary/aromatic N) is 2. The average Bonchev–Trinajstić information content (AvgIpc) is 3.10. The Labute approximate surface area is 180 Å². The summed E-state index contributed by atoms with van der Waals surface area (Å²) in [6.45, 7) is 4.52. The Balaban J connectivity index is 1.24. The lowest BCUT2D eigenvalue weighted by molar-refractivity contribution is 0.101. The van der Waals surface area contributed by atoms with Crippen LogP contribution in [0.15, 0.2) is 53.3 Å². The monoisotopic (exact) mass is 421 g/mol. The highest BCUT2D eigenvalue weighted by Gasteiger charge is 2.23. The molecule has 0 atom stereocenters. The van der Waals surface area contributed by atoms with Gasteiger partial charge in [-0.25, -0.2) is 9.59 Å². The molecule has 8 nitrogen and oxygen atoms in total. The largest absolute Gasteiger partial charge is 0.337 e. The van der Waals surface area contributed by atoms with Gasteiger partial charge < -0.3 is 20.5 Å². The summed E-state index contributed by atoms with van der Waals surface area (Å²) in [4.78, 5) is 41.2. The number of carbonyl (C=O) groups excluding carboxylic acids is 2. The number of fused-ring (bicyclic) bond motifs is 1. The lowest BCUT2D eigenvalue weighted by atomic mass is 10.0. The molecule has 4 rings (SSSR count). The number of hydrogen-bond donors (Lipinski definition) is 3. The predicted molar refractivity (Wildman–Crippen MR) is 121 cm³/mol. The van der Waals surface area contributed by atoms with Crippen LogP contribution in [-0.4, -0.2) is 52.4 Å². The zero-order valence-corrected chi connectivity index (χ0v) is 17.6. The van der Waals surface area contributed by atoms with Crippen molar-refractivity contribution in [2.24, 2.45) is 0 Å². The number of amides is 2. The van der Waals surface area contributed by atoms with Crippen molar-refractivity contribution < 1.29 is 9.59 Å². The highest BCUT2D eigenvalue weighted by molar-refractivity contribution is 5.96. The minimum absolute atomic E-state index is 0.0395. The van der Waals surface area contributed by atoms with Crippen LogP contribution >= 0.6 is 0 Å². The lowest BCUT2D eigenvalue weighted by Crippen LogP contribution is -2.41. The number of para-hydroxylation sites is 2. The molecule has 3 aromatic rings. The van der Waals surface area contributed by atoms with E-state index < -0.39 is 0 Å². The standard InChI is InChI=1S/C23H27N5O3/c1-16(29)17-5-4-6-18(15-17)25-22(30)24-11-14-27-12-9-19(10-13-27)28-21-8-3-2-7-20(21)26-23(28)31/h2-8,15,19H,9-14H2,1H3,(H,26,31)(H2,24,25,30). The third-order valence-corrected chi connectivity index (χ3v) is 5.79. The SMILES string of the molecule is CC(=O)c1cccc(NC(=O)NCCN2CCC(n3c(=O)[nH]c4ccccc43)CC2)c1. The number of rotatable bonds is 6. The Morgan fingerprint density at radius 1 is 1.10 bits per heavy atom. The van der Waals surface area contributed by atoms with Gasteiger partial charge in [-0.15, -0.1) is 0 Å². The molecule has 0 saturated carbocycles. The van der Waals surface area contributed by atoms with E-state index in [4.69, 9.17) is 0 Å². The number of H-pyrrole nitrogens is 1. The smallest absolute Gasteiger partial charge is 0.326 e. The number of nitrogens with one attached hydrogen (secondary N) is 3. The molecule has 1 aliphatic rings. The maximum Gasteiger partial charge on any atom is 0.326 e. The maximum absolute atomic E-state index is 12.4. The number of Topliss-reactive ketones (excluding diaryl/α,β-unsaturated/α-hetero) is 1. The third kappa shape index (κ3) is 4.86. The van der Waals surface area contributed by atoms with E-state index in [0.717, 1.165) is 43.5 Å². The van der Waals surface area contributed by atoms with Crippen LogP contribution in [0.2, 0.25) is 0 Å². The second kappa shape index (κ2) is 9.18. The van der Waals surface area contributed by atoms with E-state index in [-0.39, 0.29) is 23.5 Å². The molecule has 1 aromatic heterocycles. The first kappa shape index (κ1) is 20.9. The topological polar surface area (TPSA) is 99.2 Å². The Bertz CT molecular complexity index is 1140. The lowest BCUT2D eigenvalue weighted by Gasteiger charge is -2.32. The number of aromatic nitrogens is 2. The van der Waals surface area contributed by atoms with E-state index >= 15 is 0 Å². The molecule has 0 bridgehead atoms. The van der Waals surface area contributed by atoms with Crippen LogP contribution in [-0.2, 0) is 0 Å². The van der Waals surface area contributed by atoms with Crippen LogP contribution in [0, 0.1) is 0 Å². The highest BCUT2D eigenvalue weighted by Crippen LogP contribution is 2.24. The van der Waals surface area contributed by atoms with Crippen LogP contribution in [0.1, 0.15) is 36.2 Å². The number of piperidine rings is 1. The number of hydrogen-bond acceptors (Lipinski definition) is 4. The average molecular weight is 422 g/mol. The summed E-state index contributed by atoms with van der Waals surface area (Å²) in [5.41, 5.74) is 2.94. The molecule has 0 radical (unpaired) electrons. The first-order valence-corrected chi connectivity index (χ1v) is 10.6. The first-order chi connectivity index (χ1) is 15.0. The number of benzene rings is 2. The summed E-state index contributed by atoms with van der Waals surface area (Å²) < 4.78 is 1.88. The number of aromatic amines is 1. The number of ketones is 1. The Hall–Kier alpha value is -3.39. The normalized spacial score (nSPS) is 15.1. The molecule has 162 valence electrons. The van der Waals surface area contributed by atoms with Crippen molar-refractivity contribution >= 4 is 28.5 Å². The Kier molecular flexibility index (Phi) is 6.18. The molecular formula is C23H27N5O3. The van der Waals surface area contributed by atoms with Gasteiger partial charge in [-0.1, -0.05) is 24.3 Å². The fourth-order valence-corrected chi connectivity index (χ4v) is 4.16. The molecule has 31 heavy (non-hydrogen) atoms. The fourth-order valence-electron chi connectivity index (χ4n) is 4.16. The van der Waals surface area contributed by atoms with Gasteiger partial charge in [0.05, 0.1) is 11.0 Å². The van der Waals surface area contributed by atoms with Crippen molar-refractivity contribution in [2.75, 3.05) is 31.5 Å². The maximum atomic E-state index is 12.4. The summed E-state index contributed by atoms with van der Waals surface area (Å²) in [6.07, 6.45) is 1.79. The van der Waals surface area contributed by atoms with E-state index in [1.54, 1.807) is 24.3 Å². The first-order valence-electron chi connectivity index (χ1n) is 10.6. The zero-order valence-electron chi connectivity index (χ0n) is 17.6. The molecule has 2 heterocycles. The number of anilines is 1. The van der Waals surface area contributed by atoms with Crippen molar-refractivity contribution in [3.63, 3.8) is 0 Å². The molecule has 3 N–H and O–H groups in total. The minimum Gasteiger partial charge on any atom is -0.337 e. The van der Waals surface area contributed by atoms with Crippen LogP contribution in [0.3, 0.4) is 0 Å². The van der Waals surface area contributed by atoms with E-state index in [1.165, 1.54) is 6.92 Å². The molecule has 1 saturated heterocycles. The fraction of sp³-hybridized carbons (Fsp3) is 0.348. The summed E-state index contributed by atoms with van der Waals surface area (Å²) >= 11 is 0. The second-order valence-corrected chi connectivity index (χ2v) is 7.91. The van der Waals surface area contributed by atoms with Gasteiger partial charge in [-0.3, -0.25) is 9.36 Å². The second-order valence-electron chi connectivity index (χ2n) is 7.91. The summed E-state index contributed by atoms with van der Waals surface area (Å²) in [5, 5.41) is 5.62. The van der Waals surface area contributed by atoms with Crippen molar-refractivity contribution in [1.29, 1.82) is 0 Å². The van der Waals surface area contributed by atoms with Crippen molar-refractivity contribution in [3.05, 3.63) is 64.6 Å². The van der Waals surface area contributed by atoms with Crippen molar-refractivity contribution in [1.82, 2.24) is 19.8 Å². The van der Waals surface area contributed by atoms with Crippen LogP contribution in [0.4, 0.5) is 10.5 Å². The van der Waals surface area contributed by atoms with Crippen LogP contribution in [0.5, 0.6) is 0 Å². The van der Waals surface area contributed by atoms with Crippen LogP contribution < -0.4 is 16.3 Å². The number of urea groups is 1. The van der Waals surface area contributed by atoms with E-state index in [1.807, 2.05) is 28.8 Å². The van der Waals surface area contributed by atoms with Gasteiger partial charge in [-0.05, 0) is 44.0 Å². The van der Waals surface area contributed by atoms with Gasteiger partial charge >= 0.3 is 11.7 Å². The van der Waals surface area contributed by atoms with Crippen molar-refractivity contribution in [3.8, 4) is 0 Å². The molecule has 1 fully saturated rings. The summed E-state index contributed by atoms with van der Waals surface area (Å²) in [5.74, 6) is -0.0395. The Morgan fingerprint density at radius 3 is 2.65 bits per heavy atom. The highest BCUT2D eigenvalue weighted by atomic mass is 16.2. The summed E-state index contributed by atoms with van der Waals surface area (Å²) in [7, 11) is 0. The van der Waals surface area contributed by atoms with Crippen molar-refractivity contribution in [2.45, 2.75) is 25.8 Å². The van der Waals surface area contributed by atoms with Gasteiger partial charge in [0, 0.05) is 43.5 Å². The van der Waals surface area contributed by atoms with Crippen LogP contribution in [0.25, 0.3) is 11.0 Å². The van der Waals surface area contributed by atoms with Gasteiger partial charge in [0.1, 0.15) is 0 Å². The molecular weight excluding hydrogens is 394 g/mol. The predicted octanol–water partition coefficient (Wildman–Crippen LogP) is 2.99. The number of imidazole rings is 1. The number of carbonyl (C=O) groups is 2. The summed E-state index contributed by atoms with van der Waals surface area (Å²) in [6, 6.07) is 14.6. The molecule has 2 aromatic carbocycles. The number of likely N-dealkylation sites (tertiary alicyclic amines) is 1. The molecule has 0 unspecified atom stereocenters. The van der Waals surface area contributed by atoms with Gasteiger partial charge in [0.15, 0.2) is 5.78 Å². The Morgan fingerprint density at radius 2 is 1.87 bits per heavy atom. The molecule has 8 heteroatoms. The minimum atomic E-state index is -0.291. The van der Waals surface area contributed by atoms with Gasteiger partial charge in [0.2, 0.25) is 0 Å². The third-order valence-electron chi connectivity index (χ3n) is 5.79. The van der Waals surface area contributed by atoms with E-state index in [0.29, 0.717) is 17.8 Å². The zero-order chi connectivity index (χ0) is 21.8. The molecule has 0 aliphatic carbocycles. The van der Waals surface area contributed by atoms with E-state index in [2.05, 4.69) is 20.5 Å². The molecule has 2 amide bonds. The van der Waals surface area contributed by atoms with E-state index in [9.17, 15) is 14.4 Å². The van der Waals surface area contributed by atoms with Gasteiger partial charge in [0.25, 0.3) is 0 Å². The molecule has 1 aliphatic heterocycles. The molecule has 0 spiro atoms. The van der Waals surface area contributed by atoms with Gasteiger partial charge in [-0.2, -0.15) is 0 Å². The quantitative estimate of drug-likeness (QED) is 0.533.